The van der Waals surface area contributed by atoms with Gasteiger partial charge in [-0.15, -0.1) is 0 Å². The minimum Gasteiger partial charge on any atom is -0.0933 e. The van der Waals surface area contributed by atoms with Crippen LogP contribution in [0.25, 0.3) is 0 Å². The van der Waals surface area contributed by atoms with Crippen molar-refractivity contribution < 1.29 is 0 Å². The molecule has 2 aliphatic rings. The van der Waals surface area contributed by atoms with E-state index in [0.29, 0.717) is 0 Å². The SMILES string of the molecule is CC1CCC(C2CCC(C=CCl)CC2)CC1. The van der Waals surface area contributed by atoms with Crippen LogP contribution in [0, 0.1) is 23.7 Å². The number of halogens is 1. The molecule has 2 fully saturated rings. The lowest BCUT2D eigenvalue weighted by molar-refractivity contribution is 0.160. The van der Waals surface area contributed by atoms with Crippen LogP contribution in [0.4, 0.5) is 0 Å². The molecule has 0 radical (unpaired) electrons. The van der Waals surface area contributed by atoms with Crippen molar-refractivity contribution >= 4 is 11.6 Å². The van der Waals surface area contributed by atoms with Gasteiger partial charge in [-0.3, -0.25) is 0 Å². The van der Waals surface area contributed by atoms with Gasteiger partial charge in [0.25, 0.3) is 0 Å². The summed E-state index contributed by atoms with van der Waals surface area (Å²) in [5.41, 5.74) is 1.72. The minimum atomic E-state index is 0.774. The van der Waals surface area contributed by atoms with Gasteiger partial charge in [-0.05, 0) is 62.2 Å². The Hall–Kier alpha value is 0.0300. The molecule has 0 unspecified atom stereocenters. The third kappa shape index (κ3) is 3.26. The van der Waals surface area contributed by atoms with Crippen LogP contribution in [0.1, 0.15) is 58.3 Å². The number of hydrogen-bond donors (Lipinski definition) is 0. The van der Waals surface area contributed by atoms with Crippen molar-refractivity contribution in [1.82, 2.24) is 0 Å². The van der Waals surface area contributed by atoms with Crippen LogP contribution >= 0.6 is 11.6 Å². The largest absolute Gasteiger partial charge is 0.0933 e. The van der Waals surface area contributed by atoms with E-state index >= 15 is 0 Å². The standard InChI is InChI=1S/C15H25Cl/c1-12-2-6-14(7-3-12)15-8-4-13(5-9-15)10-11-16/h10-15H,2-9H2,1H3. The normalized spacial score (nSPS) is 41.4. The molecule has 16 heavy (non-hydrogen) atoms. The van der Waals surface area contributed by atoms with E-state index in [1.54, 1.807) is 5.54 Å². The maximum atomic E-state index is 5.66. The molecule has 1 heteroatoms. The highest BCUT2D eigenvalue weighted by Crippen LogP contribution is 2.41. The third-order valence-corrected chi connectivity index (χ3v) is 5.03. The van der Waals surface area contributed by atoms with E-state index in [9.17, 15) is 0 Å². The molecular formula is C15H25Cl. The molecular weight excluding hydrogens is 216 g/mol. The molecule has 2 aliphatic carbocycles. The zero-order valence-corrected chi connectivity index (χ0v) is 11.3. The first-order valence-corrected chi connectivity index (χ1v) is 7.50. The van der Waals surface area contributed by atoms with E-state index in [-0.39, 0.29) is 0 Å². The van der Waals surface area contributed by atoms with Crippen molar-refractivity contribution in [3.63, 3.8) is 0 Å². The summed E-state index contributed by atoms with van der Waals surface area (Å²) < 4.78 is 0. The molecule has 0 spiro atoms. The predicted octanol–water partition coefficient (Wildman–Crippen LogP) is 5.37. The second-order valence-electron chi connectivity index (χ2n) is 6.01. The fourth-order valence-electron chi connectivity index (χ4n) is 3.67. The summed E-state index contributed by atoms with van der Waals surface area (Å²) in [5, 5.41) is 0. The van der Waals surface area contributed by atoms with Crippen molar-refractivity contribution in [2.45, 2.75) is 58.3 Å². The van der Waals surface area contributed by atoms with Crippen LogP contribution in [-0.4, -0.2) is 0 Å². The Morgan fingerprint density at radius 3 is 1.81 bits per heavy atom. The summed E-state index contributed by atoms with van der Waals surface area (Å²) in [5.74, 6) is 3.85. The van der Waals surface area contributed by atoms with Gasteiger partial charge in [-0.1, -0.05) is 37.4 Å². The molecule has 2 saturated carbocycles. The van der Waals surface area contributed by atoms with Crippen molar-refractivity contribution in [2.75, 3.05) is 0 Å². The van der Waals surface area contributed by atoms with E-state index < -0.39 is 0 Å². The van der Waals surface area contributed by atoms with Crippen molar-refractivity contribution in [3.05, 3.63) is 11.6 Å². The number of allylic oxidation sites excluding steroid dienone is 1. The van der Waals surface area contributed by atoms with Gasteiger partial charge in [-0.25, -0.2) is 0 Å². The first-order valence-electron chi connectivity index (χ1n) is 7.06. The fraction of sp³-hybridized carbons (Fsp3) is 0.867. The summed E-state index contributed by atoms with van der Waals surface area (Å²) in [6, 6.07) is 0. The van der Waals surface area contributed by atoms with Crippen LogP contribution in [0.2, 0.25) is 0 Å². The average Bonchev–Trinajstić information content (AvgIpc) is 2.32. The third-order valence-electron chi connectivity index (χ3n) is 4.89. The van der Waals surface area contributed by atoms with Gasteiger partial charge in [0.1, 0.15) is 0 Å². The van der Waals surface area contributed by atoms with Crippen molar-refractivity contribution in [2.24, 2.45) is 23.7 Å². The summed E-state index contributed by atoms with van der Waals surface area (Å²) in [4.78, 5) is 0. The van der Waals surface area contributed by atoms with Crippen LogP contribution in [0.15, 0.2) is 11.6 Å². The van der Waals surface area contributed by atoms with E-state index in [1.165, 1.54) is 51.4 Å². The average molecular weight is 241 g/mol. The molecule has 0 aromatic carbocycles. The van der Waals surface area contributed by atoms with E-state index in [4.69, 9.17) is 11.6 Å². The zero-order valence-electron chi connectivity index (χ0n) is 10.5. The molecule has 0 heterocycles. The van der Waals surface area contributed by atoms with Crippen LogP contribution in [0.5, 0.6) is 0 Å². The maximum Gasteiger partial charge on any atom is 0.000525 e. The second-order valence-corrected chi connectivity index (χ2v) is 6.27. The van der Waals surface area contributed by atoms with Crippen LogP contribution in [0.3, 0.4) is 0 Å². The highest BCUT2D eigenvalue weighted by atomic mass is 35.5. The van der Waals surface area contributed by atoms with Crippen molar-refractivity contribution in [3.8, 4) is 0 Å². The first-order chi connectivity index (χ1) is 7.79. The molecule has 0 aromatic heterocycles. The molecule has 0 aromatic rings. The fourth-order valence-corrected chi connectivity index (χ4v) is 3.87. The van der Waals surface area contributed by atoms with Crippen molar-refractivity contribution in [1.29, 1.82) is 0 Å². The second kappa shape index (κ2) is 6.10. The number of rotatable bonds is 2. The van der Waals surface area contributed by atoms with E-state index in [0.717, 1.165) is 23.7 Å². The Balaban J connectivity index is 1.76. The van der Waals surface area contributed by atoms with Gasteiger partial charge in [-0.2, -0.15) is 0 Å². The predicted molar refractivity (Wildman–Crippen MR) is 71.6 cm³/mol. The molecule has 92 valence electrons. The molecule has 0 aliphatic heterocycles. The van der Waals surface area contributed by atoms with Gasteiger partial charge in [0.2, 0.25) is 0 Å². The Kier molecular flexibility index (Phi) is 4.76. The molecule has 0 nitrogen and oxygen atoms in total. The van der Waals surface area contributed by atoms with Gasteiger partial charge < -0.3 is 0 Å². The summed E-state index contributed by atoms with van der Waals surface area (Å²) in [6.07, 6.45) is 13.8. The molecule has 0 amide bonds. The van der Waals surface area contributed by atoms with Crippen LogP contribution < -0.4 is 0 Å². The smallest absolute Gasteiger partial charge is 0.000525 e. The lowest BCUT2D eigenvalue weighted by Crippen LogP contribution is -2.24. The maximum absolute atomic E-state index is 5.66. The molecule has 0 bridgehead atoms. The first kappa shape index (κ1) is 12.5. The lowest BCUT2D eigenvalue weighted by atomic mass is 9.69. The molecule has 2 rings (SSSR count). The Labute approximate surface area is 105 Å². The summed E-state index contributed by atoms with van der Waals surface area (Å²) in [7, 11) is 0. The van der Waals surface area contributed by atoms with E-state index in [1.807, 2.05) is 0 Å². The monoisotopic (exact) mass is 240 g/mol. The highest BCUT2D eigenvalue weighted by molar-refractivity contribution is 6.25. The van der Waals surface area contributed by atoms with E-state index in [2.05, 4.69) is 13.0 Å². The van der Waals surface area contributed by atoms with Gasteiger partial charge in [0.15, 0.2) is 0 Å². The summed E-state index contributed by atoms with van der Waals surface area (Å²) in [6.45, 7) is 2.42. The Morgan fingerprint density at radius 1 is 0.812 bits per heavy atom. The number of hydrogen-bond acceptors (Lipinski definition) is 0. The molecule has 0 N–H and O–H groups in total. The summed E-state index contributed by atoms with van der Waals surface area (Å²) >= 11 is 5.66. The zero-order chi connectivity index (χ0) is 11.4. The molecule has 0 saturated heterocycles. The van der Waals surface area contributed by atoms with Crippen LogP contribution in [-0.2, 0) is 0 Å². The topological polar surface area (TPSA) is 0 Å². The quantitative estimate of drug-likeness (QED) is 0.609. The van der Waals surface area contributed by atoms with Gasteiger partial charge >= 0.3 is 0 Å². The minimum absolute atomic E-state index is 0.774. The van der Waals surface area contributed by atoms with Gasteiger partial charge in [0.05, 0.1) is 0 Å². The Bertz CT molecular complexity index is 218. The Morgan fingerprint density at radius 2 is 1.31 bits per heavy atom. The van der Waals surface area contributed by atoms with Gasteiger partial charge in [0, 0.05) is 5.54 Å². The highest BCUT2D eigenvalue weighted by Gasteiger charge is 2.29. The lowest BCUT2D eigenvalue weighted by Gasteiger charge is -2.36. The molecule has 0 atom stereocenters.